The van der Waals surface area contributed by atoms with E-state index in [4.69, 9.17) is 4.74 Å². The van der Waals surface area contributed by atoms with Crippen molar-refractivity contribution in [1.82, 2.24) is 4.90 Å². The van der Waals surface area contributed by atoms with E-state index >= 15 is 0 Å². The molecule has 0 spiro atoms. The molecule has 1 aliphatic heterocycles. The number of hydrogen-bond donors (Lipinski definition) is 0. The minimum absolute atomic E-state index is 0.0368. The van der Waals surface area contributed by atoms with Gasteiger partial charge in [-0.3, -0.25) is 9.69 Å². The Morgan fingerprint density at radius 2 is 2.13 bits per heavy atom. The Labute approximate surface area is 89.7 Å². The highest BCUT2D eigenvalue weighted by atomic mass is 16.5. The van der Waals surface area contributed by atoms with Crippen molar-refractivity contribution in [3.8, 4) is 0 Å². The first-order valence-corrected chi connectivity index (χ1v) is 5.12. The fourth-order valence-corrected chi connectivity index (χ4v) is 1.85. The van der Waals surface area contributed by atoms with Gasteiger partial charge in [-0.25, -0.2) is 0 Å². The summed E-state index contributed by atoms with van der Waals surface area (Å²) in [5, 5.41) is 0. The lowest BCUT2D eigenvalue weighted by Crippen LogP contribution is -2.16. The van der Waals surface area contributed by atoms with Gasteiger partial charge in [0.2, 0.25) is 0 Å². The Morgan fingerprint density at radius 1 is 1.47 bits per heavy atom. The molecule has 3 heteroatoms. The van der Waals surface area contributed by atoms with E-state index in [2.05, 4.69) is 24.0 Å². The van der Waals surface area contributed by atoms with Gasteiger partial charge < -0.3 is 4.74 Å². The van der Waals surface area contributed by atoms with Gasteiger partial charge in [-0.2, -0.15) is 0 Å². The molecule has 1 fully saturated rings. The molecule has 3 atom stereocenters. The average molecular weight is 205 g/mol. The van der Waals surface area contributed by atoms with Crippen LogP contribution < -0.4 is 0 Å². The van der Waals surface area contributed by atoms with Crippen LogP contribution in [0.1, 0.15) is 18.5 Å². The highest BCUT2D eigenvalue weighted by molar-refractivity contribution is 5.79. The van der Waals surface area contributed by atoms with E-state index in [9.17, 15) is 4.79 Å². The molecule has 0 bridgehead atoms. The molecule has 0 aliphatic carbocycles. The molecule has 1 aromatic carbocycles. The van der Waals surface area contributed by atoms with Crippen molar-refractivity contribution in [3.05, 3.63) is 35.9 Å². The number of rotatable bonds is 3. The van der Waals surface area contributed by atoms with Crippen molar-refractivity contribution in [1.29, 1.82) is 0 Å². The molecule has 0 aromatic heterocycles. The molecular weight excluding hydrogens is 190 g/mol. The van der Waals surface area contributed by atoms with Crippen molar-refractivity contribution < 1.29 is 9.53 Å². The van der Waals surface area contributed by atoms with E-state index in [1.54, 1.807) is 0 Å². The standard InChI is InChI=1S/C12H15NO2/c1-9(10-6-4-3-5-7-10)13-8-11(13)12(14)15-2/h3-7,9,11H,8H2,1-2H3/t9-,11-,13?/m0/s1. The zero-order chi connectivity index (χ0) is 10.8. The van der Waals surface area contributed by atoms with E-state index in [1.165, 1.54) is 12.7 Å². The van der Waals surface area contributed by atoms with Crippen LogP contribution in [0.2, 0.25) is 0 Å². The molecule has 1 saturated heterocycles. The number of methoxy groups -OCH3 is 1. The molecule has 15 heavy (non-hydrogen) atoms. The third-order valence-electron chi connectivity index (χ3n) is 2.90. The van der Waals surface area contributed by atoms with Crippen LogP contribution in [0, 0.1) is 0 Å². The van der Waals surface area contributed by atoms with Crippen molar-refractivity contribution in [2.45, 2.75) is 19.0 Å². The highest BCUT2D eigenvalue weighted by Crippen LogP contribution is 2.31. The van der Waals surface area contributed by atoms with Crippen molar-refractivity contribution in [2.24, 2.45) is 0 Å². The number of esters is 1. The molecule has 1 aromatic rings. The van der Waals surface area contributed by atoms with Gasteiger partial charge in [-0.05, 0) is 12.5 Å². The van der Waals surface area contributed by atoms with E-state index in [-0.39, 0.29) is 18.1 Å². The lowest BCUT2D eigenvalue weighted by Gasteiger charge is -2.13. The van der Waals surface area contributed by atoms with Crippen molar-refractivity contribution in [2.75, 3.05) is 13.7 Å². The van der Waals surface area contributed by atoms with Crippen molar-refractivity contribution >= 4 is 5.97 Å². The minimum atomic E-state index is -0.127. The number of hydrogen-bond acceptors (Lipinski definition) is 3. The Morgan fingerprint density at radius 3 is 2.73 bits per heavy atom. The average Bonchev–Trinajstić information content (AvgIpc) is 3.08. The van der Waals surface area contributed by atoms with E-state index in [0.29, 0.717) is 0 Å². The molecule has 0 amide bonds. The van der Waals surface area contributed by atoms with Crippen LogP contribution in [0.5, 0.6) is 0 Å². The summed E-state index contributed by atoms with van der Waals surface area (Å²) in [6.45, 7) is 2.92. The second-order valence-electron chi connectivity index (χ2n) is 3.82. The number of benzene rings is 1. The van der Waals surface area contributed by atoms with Gasteiger partial charge in [0.1, 0.15) is 6.04 Å². The lowest BCUT2D eigenvalue weighted by atomic mass is 10.1. The third-order valence-corrected chi connectivity index (χ3v) is 2.90. The first-order valence-electron chi connectivity index (χ1n) is 5.12. The Kier molecular flexibility index (Phi) is 2.73. The maximum atomic E-state index is 11.3. The summed E-state index contributed by atoms with van der Waals surface area (Å²) in [4.78, 5) is 13.4. The van der Waals surface area contributed by atoms with Crippen LogP contribution in [-0.4, -0.2) is 30.6 Å². The maximum absolute atomic E-state index is 11.3. The monoisotopic (exact) mass is 205 g/mol. The molecular formula is C12H15NO2. The van der Waals surface area contributed by atoms with Gasteiger partial charge in [0.15, 0.2) is 0 Å². The molecule has 1 aliphatic rings. The largest absolute Gasteiger partial charge is 0.468 e. The fourth-order valence-electron chi connectivity index (χ4n) is 1.85. The number of nitrogens with zero attached hydrogens (tertiary/aromatic N) is 1. The molecule has 0 saturated carbocycles. The first kappa shape index (κ1) is 10.2. The first-order chi connectivity index (χ1) is 7.24. The molecule has 0 N–H and O–H groups in total. The summed E-state index contributed by atoms with van der Waals surface area (Å²) in [5.74, 6) is -0.127. The van der Waals surface area contributed by atoms with Crippen LogP contribution in [0.25, 0.3) is 0 Å². The molecule has 2 rings (SSSR count). The number of carbonyl (C=O) groups excluding carboxylic acids is 1. The molecule has 1 heterocycles. The number of ether oxygens (including phenoxy) is 1. The second kappa shape index (κ2) is 4.03. The molecule has 0 radical (unpaired) electrons. The zero-order valence-corrected chi connectivity index (χ0v) is 9.01. The van der Waals surface area contributed by atoms with E-state index in [0.717, 1.165) is 6.54 Å². The molecule has 80 valence electrons. The zero-order valence-electron chi connectivity index (χ0n) is 9.01. The van der Waals surface area contributed by atoms with E-state index < -0.39 is 0 Å². The number of carbonyl (C=O) groups is 1. The lowest BCUT2D eigenvalue weighted by molar-refractivity contribution is -0.141. The summed E-state index contributed by atoms with van der Waals surface area (Å²) < 4.78 is 4.71. The fraction of sp³-hybridized carbons (Fsp3) is 0.417. The predicted molar refractivity (Wildman–Crippen MR) is 57.4 cm³/mol. The smallest absolute Gasteiger partial charge is 0.324 e. The van der Waals surface area contributed by atoms with Crippen molar-refractivity contribution in [3.63, 3.8) is 0 Å². The Balaban J connectivity index is 2.00. The predicted octanol–water partition coefficient (Wildman–Crippen LogP) is 1.60. The van der Waals surface area contributed by atoms with Gasteiger partial charge in [0.25, 0.3) is 0 Å². The topological polar surface area (TPSA) is 29.3 Å². The van der Waals surface area contributed by atoms with Gasteiger partial charge in [-0.1, -0.05) is 30.3 Å². The summed E-state index contributed by atoms with van der Waals surface area (Å²) >= 11 is 0. The normalized spacial score (nSPS) is 25.7. The Hall–Kier alpha value is -1.35. The van der Waals surface area contributed by atoms with E-state index in [1.807, 2.05) is 18.2 Å². The highest BCUT2D eigenvalue weighted by Gasteiger charge is 2.44. The van der Waals surface area contributed by atoms with Crippen LogP contribution >= 0.6 is 0 Å². The minimum Gasteiger partial charge on any atom is -0.468 e. The van der Waals surface area contributed by atoms with Gasteiger partial charge in [0, 0.05) is 12.6 Å². The van der Waals surface area contributed by atoms with Gasteiger partial charge in [0.05, 0.1) is 7.11 Å². The Bertz CT molecular complexity index is 350. The third kappa shape index (κ3) is 2.02. The summed E-state index contributed by atoms with van der Waals surface area (Å²) in [6.07, 6.45) is 0. The van der Waals surface area contributed by atoms with Gasteiger partial charge in [-0.15, -0.1) is 0 Å². The maximum Gasteiger partial charge on any atom is 0.324 e. The molecule has 3 nitrogen and oxygen atoms in total. The van der Waals surface area contributed by atoms with Crippen LogP contribution in [-0.2, 0) is 9.53 Å². The second-order valence-corrected chi connectivity index (χ2v) is 3.82. The van der Waals surface area contributed by atoms with Gasteiger partial charge >= 0.3 is 5.97 Å². The quantitative estimate of drug-likeness (QED) is 0.554. The summed E-state index contributed by atoms with van der Waals surface area (Å²) in [5.41, 5.74) is 1.24. The summed E-state index contributed by atoms with van der Waals surface area (Å²) in [7, 11) is 1.44. The van der Waals surface area contributed by atoms with Crippen LogP contribution in [0.15, 0.2) is 30.3 Å². The van der Waals surface area contributed by atoms with Crippen LogP contribution in [0.4, 0.5) is 0 Å². The van der Waals surface area contributed by atoms with Crippen LogP contribution in [0.3, 0.4) is 0 Å². The SMILES string of the molecule is COC(=O)[C@@H]1CN1[C@@H](C)c1ccccc1. The molecule has 1 unspecified atom stereocenters. The summed E-state index contributed by atoms with van der Waals surface area (Å²) in [6, 6.07) is 10.4.